The molecule has 2 aromatic rings. The number of nitrogens with one attached hydrogen (secondary N) is 1. The summed E-state index contributed by atoms with van der Waals surface area (Å²) in [7, 11) is 0. The highest BCUT2D eigenvalue weighted by atomic mass is 32.1. The molecule has 3 heterocycles. The molecule has 4 rings (SSSR count). The molecule has 0 spiro atoms. The highest BCUT2D eigenvalue weighted by Crippen LogP contribution is 2.29. The van der Waals surface area contributed by atoms with Gasteiger partial charge in [-0.15, -0.1) is 11.3 Å². The van der Waals surface area contributed by atoms with Crippen LogP contribution in [0.15, 0.2) is 9.59 Å². The van der Waals surface area contributed by atoms with E-state index in [1.807, 2.05) is 6.92 Å². The highest BCUT2D eigenvalue weighted by Gasteiger charge is 2.25. The lowest BCUT2D eigenvalue weighted by molar-refractivity contribution is 0.112. The van der Waals surface area contributed by atoms with Crippen LogP contribution in [0.4, 0.5) is 4.79 Å². The zero-order chi connectivity index (χ0) is 19.1. The van der Waals surface area contributed by atoms with Crippen molar-refractivity contribution in [3.05, 3.63) is 31.3 Å². The van der Waals surface area contributed by atoms with E-state index in [1.165, 1.54) is 15.9 Å². The minimum absolute atomic E-state index is 0.0898. The Labute approximate surface area is 160 Å². The predicted octanol–water partition coefficient (Wildman–Crippen LogP) is 1.26. The van der Waals surface area contributed by atoms with Gasteiger partial charge in [0, 0.05) is 24.5 Å². The molecule has 1 saturated carbocycles. The zero-order valence-corrected chi connectivity index (χ0v) is 16.4. The van der Waals surface area contributed by atoms with Crippen LogP contribution >= 0.6 is 11.3 Å². The van der Waals surface area contributed by atoms with Crippen LogP contribution in [0.1, 0.15) is 30.2 Å². The summed E-state index contributed by atoms with van der Waals surface area (Å²) in [5.41, 5.74) is 0.322. The third-order valence-electron chi connectivity index (χ3n) is 5.18. The Kier molecular flexibility index (Phi) is 4.81. The molecule has 9 heteroatoms. The fourth-order valence-electron chi connectivity index (χ4n) is 3.45. The fourth-order valence-corrected chi connectivity index (χ4v) is 4.78. The predicted molar refractivity (Wildman–Crippen MR) is 104 cm³/mol. The normalized spacial score (nSPS) is 17.1. The van der Waals surface area contributed by atoms with E-state index in [1.54, 1.807) is 16.4 Å². The van der Waals surface area contributed by atoms with Crippen molar-refractivity contribution in [3.8, 4) is 0 Å². The molecule has 0 atom stereocenters. The number of thiophene rings is 1. The minimum atomic E-state index is -0.291. The molecule has 0 aromatic carbocycles. The van der Waals surface area contributed by atoms with Gasteiger partial charge in [0.2, 0.25) is 0 Å². The summed E-state index contributed by atoms with van der Waals surface area (Å²) in [5, 5.41) is 3.38. The average molecular weight is 392 g/mol. The molecular formula is C18H24N4O4S. The smallest absolute Gasteiger partial charge is 0.332 e. The van der Waals surface area contributed by atoms with Gasteiger partial charge in [-0.1, -0.05) is 0 Å². The van der Waals surface area contributed by atoms with Crippen LogP contribution in [-0.2, 0) is 24.4 Å². The number of nitrogens with zero attached hydrogens (tertiary/aromatic N) is 3. The van der Waals surface area contributed by atoms with Crippen LogP contribution in [-0.4, -0.2) is 45.9 Å². The Bertz CT molecular complexity index is 1000. The van der Waals surface area contributed by atoms with Crippen LogP contribution < -0.4 is 16.6 Å². The third kappa shape index (κ3) is 3.29. The second-order valence-electron chi connectivity index (χ2n) is 7.04. The maximum Gasteiger partial charge on any atom is 0.332 e. The average Bonchev–Trinajstić information content (AvgIpc) is 3.29. The van der Waals surface area contributed by atoms with Gasteiger partial charge in [0.05, 0.1) is 31.2 Å². The molecule has 0 radical (unpaired) electrons. The van der Waals surface area contributed by atoms with Crippen LogP contribution in [0, 0.1) is 6.92 Å². The third-order valence-corrected chi connectivity index (χ3v) is 6.48. The van der Waals surface area contributed by atoms with Crippen LogP contribution in [0.5, 0.6) is 0 Å². The number of aryl methyl sites for hydroxylation is 1. The van der Waals surface area contributed by atoms with E-state index in [0.717, 1.165) is 23.3 Å². The first-order chi connectivity index (χ1) is 13.0. The molecule has 146 valence electrons. The summed E-state index contributed by atoms with van der Waals surface area (Å²) >= 11 is 1.43. The van der Waals surface area contributed by atoms with Gasteiger partial charge in [-0.05, 0) is 32.3 Å². The van der Waals surface area contributed by atoms with Crippen LogP contribution in [0.3, 0.4) is 0 Å². The molecule has 1 aliphatic heterocycles. The molecule has 1 aliphatic carbocycles. The van der Waals surface area contributed by atoms with Gasteiger partial charge >= 0.3 is 11.7 Å². The van der Waals surface area contributed by atoms with E-state index in [2.05, 4.69) is 5.32 Å². The van der Waals surface area contributed by atoms with Gasteiger partial charge in [0.25, 0.3) is 5.56 Å². The number of rotatable bonds is 7. The molecule has 2 aliphatic rings. The number of urea groups is 1. The molecule has 2 aromatic heterocycles. The Morgan fingerprint density at radius 1 is 1.22 bits per heavy atom. The van der Waals surface area contributed by atoms with E-state index in [9.17, 15) is 14.4 Å². The summed E-state index contributed by atoms with van der Waals surface area (Å²) in [6, 6.07) is -0.0898. The number of hydrogen-bond acceptors (Lipinski definition) is 5. The van der Waals surface area contributed by atoms with Crippen molar-refractivity contribution in [3.63, 3.8) is 0 Å². The van der Waals surface area contributed by atoms with E-state index in [4.69, 9.17) is 4.74 Å². The van der Waals surface area contributed by atoms with Crippen molar-refractivity contribution in [1.29, 1.82) is 0 Å². The molecular weight excluding hydrogens is 368 g/mol. The van der Waals surface area contributed by atoms with E-state index < -0.39 is 0 Å². The van der Waals surface area contributed by atoms with Crippen molar-refractivity contribution in [2.24, 2.45) is 0 Å². The number of ether oxygens (including phenoxy) is 1. The first-order valence-corrected chi connectivity index (χ1v) is 10.2. The number of fused-ring (bicyclic) bond motifs is 1. The van der Waals surface area contributed by atoms with Gasteiger partial charge in [0.15, 0.2) is 0 Å². The quantitative estimate of drug-likeness (QED) is 0.769. The second-order valence-corrected chi connectivity index (χ2v) is 8.12. The first-order valence-electron chi connectivity index (χ1n) is 9.41. The maximum atomic E-state index is 12.9. The lowest BCUT2D eigenvalue weighted by Crippen LogP contribution is -2.40. The van der Waals surface area contributed by atoms with Gasteiger partial charge in [-0.25, -0.2) is 9.59 Å². The van der Waals surface area contributed by atoms with Crippen molar-refractivity contribution in [2.45, 2.75) is 52.4 Å². The fraction of sp³-hybridized carbons (Fsp3) is 0.611. The molecule has 2 amide bonds. The Morgan fingerprint density at radius 2 is 2.00 bits per heavy atom. The number of carbonyl (C=O) groups is 1. The molecule has 8 nitrogen and oxygen atoms in total. The molecule has 2 fully saturated rings. The van der Waals surface area contributed by atoms with Gasteiger partial charge < -0.3 is 15.0 Å². The van der Waals surface area contributed by atoms with Gasteiger partial charge in [-0.2, -0.15) is 0 Å². The summed E-state index contributed by atoms with van der Waals surface area (Å²) in [4.78, 5) is 41.0. The topological polar surface area (TPSA) is 85.6 Å². The summed E-state index contributed by atoms with van der Waals surface area (Å²) in [6.07, 6.45) is 2.49. The first kappa shape index (κ1) is 18.2. The monoisotopic (exact) mass is 392 g/mol. The minimum Gasteiger partial charge on any atom is -0.376 e. The lowest BCUT2D eigenvalue weighted by atomic mass is 10.2. The Morgan fingerprint density at radius 3 is 2.63 bits per heavy atom. The Hall–Kier alpha value is -2.13. The number of aromatic nitrogens is 2. The van der Waals surface area contributed by atoms with E-state index in [-0.39, 0.29) is 17.3 Å². The van der Waals surface area contributed by atoms with Crippen LogP contribution in [0.2, 0.25) is 0 Å². The summed E-state index contributed by atoms with van der Waals surface area (Å²) in [6.45, 7) is 6.65. The van der Waals surface area contributed by atoms with Crippen molar-refractivity contribution < 1.29 is 9.53 Å². The molecule has 0 unspecified atom stereocenters. The summed E-state index contributed by atoms with van der Waals surface area (Å²) < 4.78 is 8.66. The van der Waals surface area contributed by atoms with E-state index in [0.29, 0.717) is 55.7 Å². The van der Waals surface area contributed by atoms with Crippen molar-refractivity contribution in [2.75, 3.05) is 19.7 Å². The number of amides is 2. The highest BCUT2D eigenvalue weighted by molar-refractivity contribution is 7.18. The number of carbonyl (C=O) groups excluding carboxylic acids is 1. The van der Waals surface area contributed by atoms with Gasteiger partial charge in [0.1, 0.15) is 4.83 Å². The lowest BCUT2D eigenvalue weighted by Gasteiger charge is -2.12. The van der Waals surface area contributed by atoms with E-state index >= 15 is 0 Å². The molecule has 0 bridgehead atoms. The van der Waals surface area contributed by atoms with Crippen molar-refractivity contribution >= 4 is 27.6 Å². The molecule has 27 heavy (non-hydrogen) atoms. The SMILES string of the molecule is CCn1c(=O)c2c(C)c(CN3CCNC3=O)sc2n(CCOC2CC2)c1=O. The summed E-state index contributed by atoms with van der Waals surface area (Å²) in [5.74, 6) is 0. The molecule has 1 saturated heterocycles. The second kappa shape index (κ2) is 7.12. The van der Waals surface area contributed by atoms with Crippen LogP contribution in [0.25, 0.3) is 10.2 Å². The largest absolute Gasteiger partial charge is 0.376 e. The molecule has 1 N–H and O–H groups in total. The number of hydrogen-bond donors (Lipinski definition) is 1. The van der Waals surface area contributed by atoms with Gasteiger partial charge in [-0.3, -0.25) is 13.9 Å². The zero-order valence-electron chi connectivity index (χ0n) is 15.6. The van der Waals surface area contributed by atoms with Crippen molar-refractivity contribution in [1.82, 2.24) is 19.4 Å². The maximum absolute atomic E-state index is 12.9. The standard InChI is InChI=1S/C18H24N4O4S/c1-3-21-15(23)14-11(2)13(10-20-7-6-19-17(20)24)27-16(14)22(18(21)25)8-9-26-12-4-5-12/h12H,3-10H2,1-2H3,(H,19,24). The Balaban J connectivity index is 1.77.